The quantitative estimate of drug-likeness (QED) is 0.854. The van der Waals surface area contributed by atoms with Gasteiger partial charge >= 0.3 is 0 Å². The molecule has 124 valence electrons. The molecule has 6 nitrogen and oxygen atoms in total. The molecule has 0 saturated heterocycles. The number of amides is 1. The van der Waals surface area contributed by atoms with Crippen molar-refractivity contribution < 1.29 is 18.3 Å². The highest BCUT2D eigenvalue weighted by molar-refractivity contribution is 5.95. The van der Waals surface area contributed by atoms with Crippen molar-refractivity contribution >= 4 is 11.6 Å². The van der Waals surface area contributed by atoms with Crippen LogP contribution in [0.2, 0.25) is 0 Å². The zero-order chi connectivity index (χ0) is 17.0. The molecule has 2 aromatic rings. The Balaban J connectivity index is 2.14. The Labute approximate surface area is 133 Å². The Morgan fingerprint density at radius 1 is 1.52 bits per heavy atom. The van der Waals surface area contributed by atoms with E-state index in [2.05, 4.69) is 10.3 Å². The standard InChI is InChI=1S/C16H20FN3O3/c1-16(2,17)7-12(18)15(21)20-10-4-5-11(13(6-10)22-3)14-8-19-9-23-14/h4-6,8-9,12H,7,18H2,1-3H3,(H,20,21). The summed E-state index contributed by atoms with van der Waals surface area (Å²) in [5.74, 6) is 0.611. The van der Waals surface area contributed by atoms with E-state index in [1.165, 1.54) is 27.4 Å². The van der Waals surface area contributed by atoms with Gasteiger partial charge in [0, 0.05) is 18.2 Å². The van der Waals surface area contributed by atoms with Crippen molar-refractivity contribution in [3.8, 4) is 17.1 Å². The molecule has 1 atom stereocenters. The number of nitrogens with zero attached hydrogens (tertiary/aromatic N) is 1. The first-order chi connectivity index (χ1) is 10.8. The molecule has 3 N–H and O–H groups in total. The summed E-state index contributed by atoms with van der Waals surface area (Å²) in [5, 5.41) is 2.65. The number of nitrogens with one attached hydrogen (secondary N) is 1. The van der Waals surface area contributed by atoms with Gasteiger partial charge in [0.1, 0.15) is 11.4 Å². The van der Waals surface area contributed by atoms with Gasteiger partial charge in [-0.15, -0.1) is 0 Å². The Kier molecular flexibility index (Phi) is 5.00. The summed E-state index contributed by atoms with van der Waals surface area (Å²) in [5.41, 5.74) is 5.42. The first kappa shape index (κ1) is 17.0. The van der Waals surface area contributed by atoms with Gasteiger partial charge in [-0.1, -0.05) is 0 Å². The van der Waals surface area contributed by atoms with Gasteiger partial charge in [0.15, 0.2) is 12.2 Å². The molecule has 0 fully saturated rings. The van der Waals surface area contributed by atoms with Gasteiger partial charge in [-0.05, 0) is 26.0 Å². The Hall–Kier alpha value is -2.41. The first-order valence-corrected chi connectivity index (χ1v) is 7.12. The van der Waals surface area contributed by atoms with Crippen LogP contribution in [0.25, 0.3) is 11.3 Å². The molecule has 0 bridgehead atoms. The molecule has 0 aliphatic rings. The normalized spacial score (nSPS) is 12.7. The molecule has 0 radical (unpaired) electrons. The third kappa shape index (κ3) is 4.53. The Bertz CT molecular complexity index is 666. The minimum absolute atomic E-state index is 0.0634. The number of aromatic nitrogens is 1. The number of carbonyl (C=O) groups excluding carboxylic acids is 1. The van der Waals surface area contributed by atoms with Crippen LogP contribution in [0.4, 0.5) is 10.1 Å². The number of methoxy groups -OCH3 is 1. The molecule has 0 aliphatic carbocycles. The lowest BCUT2D eigenvalue weighted by Crippen LogP contribution is -2.40. The van der Waals surface area contributed by atoms with E-state index >= 15 is 0 Å². The second kappa shape index (κ2) is 6.78. The highest BCUT2D eigenvalue weighted by Gasteiger charge is 2.25. The molecule has 2 rings (SSSR count). The van der Waals surface area contributed by atoms with E-state index in [9.17, 15) is 9.18 Å². The van der Waals surface area contributed by atoms with Crippen LogP contribution in [-0.2, 0) is 4.79 Å². The van der Waals surface area contributed by atoms with Crippen LogP contribution in [0.3, 0.4) is 0 Å². The molecule has 0 spiro atoms. The smallest absolute Gasteiger partial charge is 0.241 e. The fraction of sp³-hybridized carbons (Fsp3) is 0.375. The third-order valence-electron chi connectivity index (χ3n) is 3.21. The lowest BCUT2D eigenvalue weighted by Gasteiger charge is -2.19. The summed E-state index contributed by atoms with van der Waals surface area (Å²) in [6.07, 6.45) is 2.82. The number of alkyl halides is 1. The van der Waals surface area contributed by atoms with E-state index in [1.54, 1.807) is 24.4 Å². The van der Waals surface area contributed by atoms with Gasteiger partial charge in [-0.25, -0.2) is 9.37 Å². The molecule has 1 heterocycles. The van der Waals surface area contributed by atoms with E-state index in [4.69, 9.17) is 14.9 Å². The minimum atomic E-state index is -1.51. The van der Waals surface area contributed by atoms with Gasteiger partial charge in [-0.3, -0.25) is 4.79 Å². The maximum absolute atomic E-state index is 13.6. The summed E-state index contributed by atoms with van der Waals surface area (Å²) in [6, 6.07) is 4.13. The van der Waals surface area contributed by atoms with Crippen LogP contribution in [0, 0.1) is 0 Å². The van der Waals surface area contributed by atoms with Crippen LogP contribution in [0.1, 0.15) is 20.3 Å². The number of benzene rings is 1. The first-order valence-electron chi connectivity index (χ1n) is 7.12. The van der Waals surface area contributed by atoms with Crippen molar-refractivity contribution in [1.82, 2.24) is 4.98 Å². The predicted octanol–water partition coefficient (Wildman–Crippen LogP) is 2.75. The SMILES string of the molecule is COc1cc(NC(=O)C(N)CC(C)(C)F)ccc1-c1cnco1. The third-order valence-corrected chi connectivity index (χ3v) is 3.21. The number of anilines is 1. The van der Waals surface area contributed by atoms with Crippen molar-refractivity contribution in [2.24, 2.45) is 5.73 Å². The van der Waals surface area contributed by atoms with Gasteiger partial charge < -0.3 is 20.2 Å². The fourth-order valence-electron chi connectivity index (χ4n) is 2.17. The van der Waals surface area contributed by atoms with Crippen molar-refractivity contribution in [3.63, 3.8) is 0 Å². The number of nitrogens with two attached hydrogens (primary N) is 1. The molecule has 0 aliphatic heterocycles. The second-order valence-electron chi connectivity index (χ2n) is 5.80. The maximum Gasteiger partial charge on any atom is 0.241 e. The zero-order valence-electron chi connectivity index (χ0n) is 13.3. The molecule has 0 saturated carbocycles. The number of hydrogen-bond donors (Lipinski definition) is 2. The highest BCUT2D eigenvalue weighted by Crippen LogP contribution is 2.32. The van der Waals surface area contributed by atoms with E-state index in [0.717, 1.165) is 0 Å². The second-order valence-corrected chi connectivity index (χ2v) is 5.80. The number of halogens is 1. The van der Waals surface area contributed by atoms with E-state index in [1.807, 2.05) is 0 Å². The van der Waals surface area contributed by atoms with Crippen molar-refractivity contribution in [2.45, 2.75) is 32.0 Å². The van der Waals surface area contributed by atoms with Crippen molar-refractivity contribution in [2.75, 3.05) is 12.4 Å². The summed E-state index contributed by atoms with van der Waals surface area (Å²) < 4.78 is 24.1. The number of oxazole rings is 1. The van der Waals surface area contributed by atoms with Gasteiger partial charge in [0.2, 0.25) is 5.91 Å². The summed E-state index contributed by atoms with van der Waals surface area (Å²) in [7, 11) is 1.51. The number of hydrogen-bond acceptors (Lipinski definition) is 5. The molecule has 1 aromatic carbocycles. The number of carbonyl (C=O) groups is 1. The van der Waals surface area contributed by atoms with Crippen LogP contribution in [-0.4, -0.2) is 29.7 Å². The van der Waals surface area contributed by atoms with Gasteiger partial charge in [0.25, 0.3) is 0 Å². The molecular weight excluding hydrogens is 301 g/mol. The average molecular weight is 321 g/mol. The average Bonchev–Trinajstić information content (AvgIpc) is 2.99. The topological polar surface area (TPSA) is 90.4 Å². The molecule has 1 unspecified atom stereocenters. The van der Waals surface area contributed by atoms with Crippen molar-refractivity contribution in [1.29, 1.82) is 0 Å². The van der Waals surface area contributed by atoms with E-state index < -0.39 is 17.6 Å². The van der Waals surface area contributed by atoms with Crippen LogP contribution < -0.4 is 15.8 Å². The fourth-order valence-corrected chi connectivity index (χ4v) is 2.17. The minimum Gasteiger partial charge on any atom is -0.496 e. The summed E-state index contributed by atoms with van der Waals surface area (Å²) in [4.78, 5) is 15.9. The van der Waals surface area contributed by atoms with E-state index in [-0.39, 0.29) is 6.42 Å². The maximum atomic E-state index is 13.6. The van der Waals surface area contributed by atoms with Gasteiger partial charge in [-0.2, -0.15) is 0 Å². The Morgan fingerprint density at radius 2 is 2.26 bits per heavy atom. The molecule has 7 heteroatoms. The molecular formula is C16H20FN3O3. The molecule has 1 amide bonds. The zero-order valence-corrected chi connectivity index (χ0v) is 13.3. The van der Waals surface area contributed by atoms with Crippen LogP contribution in [0.5, 0.6) is 5.75 Å². The van der Waals surface area contributed by atoms with E-state index in [0.29, 0.717) is 22.8 Å². The summed E-state index contributed by atoms with van der Waals surface area (Å²) >= 11 is 0. The van der Waals surface area contributed by atoms with Crippen LogP contribution >= 0.6 is 0 Å². The predicted molar refractivity (Wildman–Crippen MR) is 84.9 cm³/mol. The lowest BCUT2D eigenvalue weighted by atomic mass is 10.0. The lowest BCUT2D eigenvalue weighted by molar-refractivity contribution is -0.118. The molecule has 23 heavy (non-hydrogen) atoms. The number of ether oxygens (including phenoxy) is 1. The highest BCUT2D eigenvalue weighted by atomic mass is 19.1. The molecule has 1 aromatic heterocycles. The summed E-state index contributed by atoms with van der Waals surface area (Å²) in [6.45, 7) is 2.77. The number of rotatable bonds is 6. The Morgan fingerprint density at radius 3 is 2.83 bits per heavy atom. The largest absolute Gasteiger partial charge is 0.496 e. The van der Waals surface area contributed by atoms with Crippen molar-refractivity contribution in [3.05, 3.63) is 30.8 Å². The van der Waals surface area contributed by atoms with Crippen LogP contribution in [0.15, 0.2) is 35.2 Å². The monoisotopic (exact) mass is 321 g/mol. The van der Waals surface area contributed by atoms with Gasteiger partial charge in [0.05, 0.1) is 24.9 Å².